The van der Waals surface area contributed by atoms with Crippen LogP contribution in [0.2, 0.25) is 0 Å². The Hall–Kier alpha value is -2.37. The number of nitrogens with two attached hydrogens (primary N) is 1. The monoisotopic (exact) mass is 218 g/mol. The molecule has 2 N–H and O–H groups in total. The van der Waals surface area contributed by atoms with Crippen molar-refractivity contribution in [2.75, 3.05) is 12.8 Å². The van der Waals surface area contributed by atoms with Crippen LogP contribution in [0.1, 0.15) is 10.4 Å². The molecule has 2 rings (SSSR count). The van der Waals surface area contributed by atoms with E-state index in [1.165, 1.54) is 24.1 Å². The van der Waals surface area contributed by atoms with E-state index in [0.29, 0.717) is 11.5 Å². The normalized spacial score (nSPS) is 10.1. The largest absolute Gasteiger partial charge is 0.465 e. The summed E-state index contributed by atoms with van der Waals surface area (Å²) in [6, 6.07) is 3.24. The highest BCUT2D eigenvalue weighted by Crippen LogP contribution is 2.15. The summed E-state index contributed by atoms with van der Waals surface area (Å²) in [5, 5.41) is 4.00. The molecule has 0 aromatic carbocycles. The van der Waals surface area contributed by atoms with Crippen molar-refractivity contribution in [2.45, 2.75) is 0 Å². The number of nitrogen functional groups attached to an aromatic ring is 1. The number of nitrogens with zero attached hydrogens (tertiary/aromatic N) is 3. The van der Waals surface area contributed by atoms with Crippen molar-refractivity contribution in [3.8, 4) is 5.82 Å². The lowest BCUT2D eigenvalue weighted by molar-refractivity contribution is 0.0600. The number of hydrogen-bond donors (Lipinski definition) is 1. The van der Waals surface area contributed by atoms with Crippen LogP contribution in [0.25, 0.3) is 5.82 Å². The number of anilines is 1. The molecule has 0 aliphatic rings. The third-order valence-electron chi connectivity index (χ3n) is 2.01. The Kier molecular flexibility index (Phi) is 2.55. The molecule has 0 saturated carbocycles. The minimum atomic E-state index is -0.495. The summed E-state index contributed by atoms with van der Waals surface area (Å²) in [5.41, 5.74) is 6.26. The van der Waals surface area contributed by atoms with Crippen LogP contribution < -0.4 is 5.73 Å². The van der Waals surface area contributed by atoms with Gasteiger partial charge in [-0.1, -0.05) is 0 Å². The average molecular weight is 218 g/mol. The molecule has 0 amide bonds. The van der Waals surface area contributed by atoms with E-state index in [4.69, 9.17) is 5.73 Å². The second-order valence-electron chi connectivity index (χ2n) is 3.08. The Balaban J connectivity index is 2.57. The Morgan fingerprint density at radius 3 is 3.00 bits per heavy atom. The highest BCUT2D eigenvalue weighted by atomic mass is 16.5. The molecule has 0 radical (unpaired) electrons. The fourth-order valence-electron chi connectivity index (χ4n) is 1.31. The fraction of sp³-hybridized carbons (Fsp3) is 0.100. The first-order valence-electron chi connectivity index (χ1n) is 4.56. The van der Waals surface area contributed by atoms with Gasteiger partial charge < -0.3 is 10.5 Å². The Morgan fingerprint density at radius 2 is 2.38 bits per heavy atom. The summed E-state index contributed by atoms with van der Waals surface area (Å²) in [6.45, 7) is 0. The Labute approximate surface area is 91.7 Å². The van der Waals surface area contributed by atoms with Gasteiger partial charge in [0.25, 0.3) is 0 Å². The number of esters is 1. The molecule has 0 bridgehead atoms. The Morgan fingerprint density at radius 1 is 1.56 bits per heavy atom. The molecule has 2 aromatic heterocycles. The Bertz CT molecular complexity index is 508. The molecule has 6 nitrogen and oxygen atoms in total. The number of rotatable bonds is 2. The van der Waals surface area contributed by atoms with Crippen LogP contribution in [0.15, 0.2) is 30.7 Å². The topological polar surface area (TPSA) is 83.0 Å². The van der Waals surface area contributed by atoms with Crippen LogP contribution in [0.5, 0.6) is 0 Å². The van der Waals surface area contributed by atoms with Crippen LogP contribution >= 0.6 is 0 Å². The van der Waals surface area contributed by atoms with Crippen molar-refractivity contribution in [3.05, 3.63) is 36.3 Å². The molecule has 2 aromatic rings. The van der Waals surface area contributed by atoms with E-state index in [-0.39, 0.29) is 5.56 Å². The van der Waals surface area contributed by atoms with Crippen molar-refractivity contribution in [1.82, 2.24) is 14.8 Å². The molecule has 0 atom stereocenters. The molecule has 82 valence electrons. The van der Waals surface area contributed by atoms with Gasteiger partial charge in [0.1, 0.15) is 5.56 Å². The van der Waals surface area contributed by atoms with Gasteiger partial charge in [-0.25, -0.2) is 14.5 Å². The van der Waals surface area contributed by atoms with Crippen molar-refractivity contribution in [3.63, 3.8) is 0 Å². The van der Waals surface area contributed by atoms with Crippen molar-refractivity contribution in [2.24, 2.45) is 0 Å². The summed E-state index contributed by atoms with van der Waals surface area (Å²) >= 11 is 0. The molecule has 2 heterocycles. The molecular weight excluding hydrogens is 208 g/mol. The molecule has 0 aliphatic heterocycles. The lowest BCUT2D eigenvalue weighted by Crippen LogP contribution is -2.11. The third-order valence-corrected chi connectivity index (χ3v) is 2.01. The number of carbonyl (C=O) groups is 1. The number of aromatic nitrogens is 3. The van der Waals surface area contributed by atoms with Gasteiger partial charge in [0.15, 0.2) is 5.82 Å². The van der Waals surface area contributed by atoms with E-state index >= 15 is 0 Å². The maximum absolute atomic E-state index is 11.5. The second-order valence-corrected chi connectivity index (χ2v) is 3.08. The maximum atomic E-state index is 11.5. The quantitative estimate of drug-likeness (QED) is 0.748. The number of carbonyl (C=O) groups excluding carboxylic acids is 1. The second kappa shape index (κ2) is 4.01. The predicted molar refractivity (Wildman–Crippen MR) is 57.1 cm³/mol. The predicted octanol–water partition coefficient (Wildman–Crippen LogP) is 0.636. The smallest absolute Gasteiger partial charge is 0.341 e. The van der Waals surface area contributed by atoms with Gasteiger partial charge in [-0.2, -0.15) is 5.10 Å². The van der Waals surface area contributed by atoms with Crippen molar-refractivity contribution < 1.29 is 9.53 Å². The van der Waals surface area contributed by atoms with E-state index in [9.17, 15) is 4.79 Å². The first kappa shape index (κ1) is 10.2. The highest BCUT2D eigenvalue weighted by molar-refractivity contribution is 5.93. The average Bonchev–Trinajstić information content (AvgIpc) is 2.81. The summed E-state index contributed by atoms with van der Waals surface area (Å²) in [6.07, 6.45) is 4.74. The zero-order valence-electron chi connectivity index (χ0n) is 8.62. The van der Waals surface area contributed by atoms with Crippen LogP contribution in [-0.4, -0.2) is 27.8 Å². The summed E-state index contributed by atoms with van der Waals surface area (Å²) in [7, 11) is 1.30. The summed E-state index contributed by atoms with van der Waals surface area (Å²) in [4.78, 5) is 15.6. The lowest BCUT2D eigenvalue weighted by Gasteiger charge is -2.07. The number of hydrogen-bond acceptors (Lipinski definition) is 5. The van der Waals surface area contributed by atoms with E-state index in [1.54, 1.807) is 18.5 Å². The number of pyridine rings is 1. The van der Waals surface area contributed by atoms with Gasteiger partial charge in [0.05, 0.1) is 19.0 Å². The van der Waals surface area contributed by atoms with Gasteiger partial charge >= 0.3 is 5.97 Å². The van der Waals surface area contributed by atoms with E-state index < -0.39 is 5.97 Å². The molecule has 0 aliphatic carbocycles. The van der Waals surface area contributed by atoms with E-state index in [1.807, 2.05) is 0 Å². The van der Waals surface area contributed by atoms with Crippen LogP contribution in [-0.2, 0) is 4.74 Å². The zero-order valence-corrected chi connectivity index (χ0v) is 8.62. The highest BCUT2D eigenvalue weighted by Gasteiger charge is 2.15. The first-order chi connectivity index (χ1) is 7.72. The molecular formula is C10H10N4O2. The minimum absolute atomic E-state index is 0.284. The van der Waals surface area contributed by atoms with Crippen molar-refractivity contribution in [1.29, 1.82) is 0 Å². The van der Waals surface area contributed by atoms with Crippen LogP contribution in [0.3, 0.4) is 0 Å². The number of methoxy groups -OCH3 is 1. The van der Waals surface area contributed by atoms with E-state index in [2.05, 4.69) is 14.8 Å². The van der Waals surface area contributed by atoms with E-state index in [0.717, 1.165) is 0 Å². The van der Waals surface area contributed by atoms with Gasteiger partial charge in [0, 0.05) is 12.4 Å². The molecule has 0 spiro atoms. The SMILES string of the molecule is COC(=O)c1cc(N)cnc1-n1cccn1. The minimum Gasteiger partial charge on any atom is -0.465 e. The third kappa shape index (κ3) is 1.72. The summed E-state index contributed by atoms with van der Waals surface area (Å²) in [5.74, 6) is -0.101. The number of ether oxygens (including phenoxy) is 1. The molecule has 16 heavy (non-hydrogen) atoms. The molecule has 0 saturated heterocycles. The maximum Gasteiger partial charge on any atom is 0.341 e. The van der Waals surface area contributed by atoms with Crippen LogP contribution in [0, 0.1) is 0 Å². The first-order valence-corrected chi connectivity index (χ1v) is 4.56. The van der Waals surface area contributed by atoms with Crippen molar-refractivity contribution >= 4 is 11.7 Å². The van der Waals surface area contributed by atoms with Gasteiger partial charge in [0.2, 0.25) is 0 Å². The van der Waals surface area contributed by atoms with Crippen LogP contribution in [0.4, 0.5) is 5.69 Å². The fourth-order valence-corrected chi connectivity index (χ4v) is 1.31. The standard InChI is InChI=1S/C10H10N4O2/c1-16-10(15)8-5-7(11)6-12-9(8)14-4-2-3-13-14/h2-6H,11H2,1H3. The van der Waals surface area contributed by atoms with Gasteiger partial charge in [-0.15, -0.1) is 0 Å². The van der Waals surface area contributed by atoms with Gasteiger partial charge in [-0.3, -0.25) is 0 Å². The molecule has 6 heteroatoms. The zero-order chi connectivity index (χ0) is 11.5. The molecule has 0 unspecified atom stereocenters. The molecule has 0 fully saturated rings. The van der Waals surface area contributed by atoms with Gasteiger partial charge in [-0.05, 0) is 12.1 Å². The summed E-state index contributed by atoms with van der Waals surface area (Å²) < 4.78 is 6.13. The lowest BCUT2D eigenvalue weighted by atomic mass is 10.2.